The Balaban J connectivity index is 1.27. The summed E-state index contributed by atoms with van der Waals surface area (Å²) >= 11 is 1.35. The van der Waals surface area contributed by atoms with E-state index in [-0.39, 0.29) is 17.8 Å². The van der Waals surface area contributed by atoms with E-state index < -0.39 is 0 Å². The number of hydrogen-bond acceptors (Lipinski definition) is 7. The molecule has 1 atom stereocenters. The minimum atomic E-state index is -0.382. The third-order valence-corrected chi connectivity index (χ3v) is 6.34. The summed E-state index contributed by atoms with van der Waals surface area (Å²) in [5.41, 5.74) is 1.16. The van der Waals surface area contributed by atoms with Crippen LogP contribution in [-0.2, 0) is 11.3 Å². The number of allylic oxidation sites excluding steroid dienone is 1. The summed E-state index contributed by atoms with van der Waals surface area (Å²) in [7, 11) is 2.05. The van der Waals surface area contributed by atoms with Crippen LogP contribution in [0.25, 0.3) is 0 Å². The third kappa shape index (κ3) is 5.91. The molecule has 178 valence electrons. The Morgan fingerprint density at radius 2 is 1.97 bits per heavy atom. The first-order chi connectivity index (χ1) is 16.7. The number of thioether (sulfide) groups is 1. The number of nitrogens with one attached hydrogen (secondary N) is 1. The van der Waals surface area contributed by atoms with Crippen molar-refractivity contribution in [3.05, 3.63) is 73.1 Å². The van der Waals surface area contributed by atoms with E-state index in [4.69, 9.17) is 9.47 Å². The van der Waals surface area contributed by atoms with Crippen LogP contribution in [0.4, 0.5) is 5.69 Å². The van der Waals surface area contributed by atoms with Gasteiger partial charge in [0.25, 0.3) is 0 Å². The summed E-state index contributed by atoms with van der Waals surface area (Å²) in [5, 5.41) is 12.3. The van der Waals surface area contributed by atoms with Crippen molar-refractivity contribution in [2.24, 2.45) is 0 Å². The Hall–Kier alpha value is -3.46. The van der Waals surface area contributed by atoms with Crippen molar-refractivity contribution in [2.45, 2.75) is 24.2 Å². The fourth-order valence-electron chi connectivity index (χ4n) is 3.63. The highest BCUT2D eigenvalue weighted by Gasteiger charge is 2.28. The highest BCUT2D eigenvalue weighted by molar-refractivity contribution is 7.99. The second-order valence-corrected chi connectivity index (χ2v) is 8.80. The molecule has 1 aliphatic rings. The normalized spacial score (nSPS) is 14.4. The molecule has 0 aliphatic carbocycles. The summed E-state index contributed by atoms with van der Waals surface area (Å²) in [6, 6.07) is 17.7. The van der Waals surface area contributed by atoms with E-state index in [1.54, 1.807) is 6.08 Å². The Bertz CT molecular complexity index is 1100. The monoisotopic (exact) mass is 479 g/mol. The van der Waals surface area contributed by atoms with Crippen LogP contribution in [0.1, 0.15) is 18.3 Å². The van der Waals surface area contributed by atoms with Crippen LogP contribution in [0.15, 0.2) is 72.4 Å². The van der Waals surface area contributed by atoms with Crippen LogP contribution in [-0.4, -0.2) is 53.2 Å². The highest BCUT2D eigenvalue weighted by atomic mass is 32.2. The molecular formula is C25H29N5O3S. The number of hydrogen-bond donors (Lipinski definition) is 1. The van der Waals surface area contributed by atoms with Gasteiger partial charge in [0, 0.05) is 32.4 Å². The standard InChI is InChI=1S/C25H29N5O3S/c1-3-15-30-24(22-17-32-20-12-7-8-13-21(20)33-22)27-28-25(30)34-18-23(31)26-14-9-16-29(2)19-10-5-4-6-11-19/h3-8,10-13,22H,1,9,14-18H2,2H3,(H,26,31). The van der Waals surface area contributed by atoms with Crippen molar-refractivity contribution >= 4 is 23.4 Å². The molecule has 3 aromatic rings. The molecule has 2 heterocycles. The van der Waals surface area contributed by atoms with Crippen molar-refractivity contribution in [3.8, 4) is 11.5 Å². The molecule has 4 rings (SSSR count). The van der Waals surface area contributed by atoms with Gasteiger partial charge in [-0.05, 0) is 30.7 Å². The summed E-state index contributed by atoms with van der Waals surface area (Å²) in [6.45, 7) is 6.18. The van der Waals surface area contributed by atoms with Crippen LogP contribution in [0, 0.1) is 0 Å². The number of ether oxygens (including phenoxy) is 2. The van der Waals surface area contributed by atoms with Gasteiger partial charge in [-0.15, -0.1) is 16.8 Å². The topological polar surface area (TPSA) is 81.5 Å². The number of rotatable bonds is 11. The molecule has 0 bridgehead atoms. The number of para-hydroxylation sites is 3. The molecular weight excluding hydrogens is 450 g/mol. The average molecular weight is 480 g/mol. The lowest BCUT2D eigenvalue weighted by atomic mass is 10.2. The Morgan fingerprint density at radius 1 is 1.21 bits per heavy atom. The predicted molar refractivity (Wildman–Crippen MR) is 134 cm³/mol. The van der Waals surface area contributed by atoms with E-state index in [0.29, 0.717) is 36.4 Å². The van der Waals surface area contributed by atoms with Gasteiger partial charge >= 0.3 is 0 Å². The molecule has 1 aliphatic heterocycles. The van der Waals surface area contributed by atoms with E-state index >= 15 is 0 Å². The Morgan fingerprint density at radius 3 is 2.76 bits per heavy atom. The molecule has 0 saturated carbocycles. The van der Waals surface area contributed by atoms with E-state index in [1.165, 1.54) is 11.8 Å². The van der Waals surface area contributed by atoms with Gasteiger partial charge in [0.1, 0.15) is 6.61 Å². The van der Waals surface area contributed by atoms with Crippen molar-refractivity contribution in [3.63, 3.8) is 0 Å². The van der Waals surface area contributed by atoms with Crippen LogP contribution in [0.2, 0.25) is 0 Å². The Kier molecular flexibility index (Phi) is 8.08. The largest absolute Gasteiger partial charge is 0.485 e. The van der Waals surface area contributed by atoms with Gasteiger partial charge in [-0.3, -0.25) is 9.36 Å². The summed E-state index contributed by atoms with van der Waals surface area (Å²) in [4.78, 5) is 14.6. The number of carbonyl (C=O) groups excluding carboxylic acids is 1. The van der Waals surface area contributed by atoms with Crippen molar-refractivity contribution < 1.29 is 14.3 Å². The maximum absolute atomic E-state index is 12.4. The lowest BCUT2D eigenvalue weighted by molar-refractivity contribution is -0.118. The van der Waals surface area contributed by atoms with Crippen molar-refractivity contribution in [2.75, 3.05) is 37.4 Å². The molecule has 0 fully saturated rings. The number of fused-ring (bicyclic) bond motifs is 1. The summed E-state index contributed by atoms with van der Waals surface area (Å²) in [5.74, 6) is 2.27. The molecule has 2 aromatic carbocycles. The number of nitrogens with zero attached hydrogens (tertiary/aromatic N) is 4. The van der Waals surface area contributed by atoms with Gasteiger partial charge in [0.15, 0.2) is 28.6 Å². The number of benzene rings is 2. The third-order valence-electron chi connectivity index (χ3n) is 5.38. The van der Waals surface area contributed by atoms with E-state index in [0.717, 1.165) is 24.4 Å². The number of aromatic nitrogens is 3. The second kappa shape index (κ2) is 11.6. The van der Waals surface area contributed by atoms with E-state index in [1.807, 2.05) is 47.0 Å². The highest BCUT2D eigenvalue weighted by Crippen LogP contribution is 2.36. The zero-order valence-electron chi connectivity index (χ0n) is 19.2. The molecule has 34 heavy (non-hydrogen) atoms. The lowest BCUT2D eigenvalue weighted by Crippen LogP contribution is -2.29. The van der Waals surface area contributed by atoms with Crippen LogP contribution < -0.4 is 19.7 Å². The van der Waals surface area contributed by atoms with Gasteiger partial charge in [-0.25, -0.2) is 0 Å². The lowest BCUT2D eigenvalue weighted by Gasteiger charge is -2.26. The van der Waals surface area contributed by atoms with E-state index in [2.05, 4.69) is 46.2 Å². The van der Waals surface area contributed by atoms with E-state index in [9.17, 15) is 4.79 Å². The summed E-state index contributed by atoms with van der Waals surface area (Å²) in [6.07, 6.45) is 2.25. The number of anilines is 1. The maximum Gasteiger partial charge on any atom is 0.230 e. The minimum absolute atomic E-state index is 0.0340. The average Bonchev–Trinajstić information content (AvgIpc) is 3.28. The quantitative estimate of drug-likeness (QED) is 0.255. The smallest absolute Gasteiger partial charge is 0.230 e. The van der Waals surface area contributed by atoms with Crippen LogP contribution >= 0.6 is 11.8 Å². The zero-order chi connectivity index (χ0) is 23.8. The molecule has 1 unspecified atom stereocenters. The Labute approximate surface area is 204 Å². The number of carbonyl (C=O) groups is 1. The van der Waals surface area contributed by atoms with Crippen molar-refractivity contribution in [1.29, 1.82) is 0 Å². The second-order valence-electron chi connectivity index (χ2n) is 7.85. The number of amides is 1. The fourth-order valence-corrected chi connectivity index (χ4v) is 4.41. The SMILES string of the molecule is C=CCn1c(SCC(=O)NCCCN(C)c2ccccc2)nnc1C1COc2ccccc2O1. The molecule has 0 spiro atoms. The zero-order valence-corrected chi connectivity index (χ0v) is 20.0. The predicted octanol–water partition coefficient (Wildman–Crippen LogP) is 3.71. The first-order valence-electron chi connectivity index (χ1n) is 11.2. The first kappa shape index (κ1) is 23.7. The molecule has 9 heteroatoms. The van der Waals surface area contributed by atoms with Crippen LogP contribution in [0.3, 0.4) is 0 Å². The van der Waals surface area contributed by atoms with Crippen LogP contribution in [0.5, 0.6) is 11.5 Å². The van der Waals surface area contributed by atoms with Gasteiger partial charge in [-0.1, -0.05) is 48.2 Å². The van der Waals surface area contributed by atoms with Gasteiger partial charge in [-0.2, -0.15) is 0 Å². The van der Waals surface area contributed by atoms with Gasteiger partial charge in [0.05, 0.1) is 5.75 Å². The fraction of sp³-hybridized carbons (Fsp3) is 0.320. The first-order valence-corrected chi connectivity index (χ1v) is 12.2. The molecule has 8 nitrogen and oxygen atoms in total. The minimum Gasteiger partial charge on any atom is -0.485 e. The van der Waals surface area contributed by atoms with Gasteiger partial charge < -0.3 is 19.7 Å². The molecule has 1 N–H and O–H groups in total. The molecule has 1 aromatic heterocycles. The van der Waals surface area contributed by atoms with Crippen molar-refractivity contribution in [1.82, 2.24) is 20.1 Å². The molecule has 1 amide bonds. The molecule has 0 radical (unpaired) electrons. The van der Waals surface area contributed by atoms with Gasteiger partial charge in [0.2, 0.25) is 5.91 Å². The maximum atomic E-state index is 12.4. The molecule has 0 saturated heterocycles. The summed E-state index contributed by atoms with van der Waals surface area (Å²) < 4.78 is 13.8.